The van der Waals surface area contributed by atoms with E-state index >= 15 is 0 Å². The van der Waals surface area contributed by atoms with Crippen molar-refractivity contribution in [2.75, 3.05) is 51.8 Å². The van der Waals surface area contributed by atoms with Crippen molar-refractivity contribution in [3.63, 3.8) is 0 Å². The normalized spacial score (nSPS) is 14.4. The highest BCUT2D eigenvalue weighted by atomic mass is 79.9. The smallest absolute Gasteiger partial charge is 0.238 e. The molecule has 2 N–H and O–H groups in total. The van der Waals surface area contributed by atoms with Crippen molar-refractivity contribution in [2.45, 2.75) is 13.1 Å². The lowest BCUT2D eigenvalue weighted by molar-refractivity contribution is -0.123. The highest BCUT2D eigenvalue weighted by Crippen LogP contribution is 2.21. The molecule has 8 heteroatoms. The Hall–Kier alpha value is -2.26. The molecule has 2 amide bonds. The molecule has 0 spiro atoms. The number of ether oxygens (including phenoxy) is 1. The van der Waals surface area contributed by atoms with E-state index in [0.717, 1.165) is 42.9 Å². The van der Waals surface area contributed by atoms with E-state index < -0.39 is 0 Å². The average Bonchev–Trinajstić information content (AvgIpc) is 2.75. The first-order chi connectivity index (χ1) is 15.0. The van der Waals surface area contributed by atoms with Crippen LogP contribution in [0.4, 0.5) is 5.69 Å². The molecule has 1 aliphatic rings. The third-order valence-corrected chi connectivity index (χ3v) is 5.76. The molecule has 166 valence electrons. The van der Waals surface area contributed by atoms with Crippen LogP contribution in [0.5, 0.6) is 0 Å². The number of rotatable bonds is 9. The molecule has 1 saturated heterocycles. The average molecular weight is 489 g/mol. The molecule has 0 aliphatic carbocycles. The monoisotopic (exact) mass is 488 g/mol. The molecule has 7 nitrogen and oxygen atoms in total. The topological polar surface area (TPSA) is 73.9 Å². The summed E-state index contributed by atoms with van der Waals surface area (Å²) in [7, 11) is 1.76. The molecule has 1 heterocycles. The summed E-state index contributed by atoms with van der Waals surface area (Å²) in [4.78, 5) is 28.7. The predicted octanol–water partition coefficient (Wildman–Crippen LogP) is 2.47. The van der Waals surface area contributed by atoms with Crippen LogP contribution in [0.25, 0.3) is 0 Å². The van der Waals surface area contributed by atoms with E-state index in [1.54, 1.807) is 11.9 Å². The minimum absolute atomic E-state index is 0.114. The maximum atomic E-state index is 12.4. The Kier molecular flexibility index (Phi) is 9.02. The summed E-state index contributed by atoms with van der Waals surface area (Å²) in [5, 5.41) is 5.82. The fourth-order valence-electron chi connectivity index (χ4n) is 3.43. The predicted molar refractivity (Wildman–Crippen MR) is 125 cm³/mol. The summed E-state index contributed by atoms with van der Waals surface area (Å²) in [6.45, 7) is 4.97. The van der Waals surface area contributed by atoms with Crippen molar-refractivity contribution in [1.82, 2.24) is 15.1 Å². The van der Waals surface area contributed by atoms with Crippen molar-refractivity contribution >= 4 is 33.4 Å². The van der Waals surface area contributed by atoms with Crippen LogP contribution in [0.15, 0.2) is 53.0 Å². The zero-order valence-corrected chi connectivity index (χ0v) is 19.4. The number of morpholine rings is 1. The van der Waals surface area contributed by atoms with Crippen LogP contribution in [0.3, 0.4) is 0 Å². The van der Waals surface area contributed by atoms with Crippen molar-refractivity contribution in [3.05, 3.63) is 64.1 Å². The van der Waals surface area contributed by atoms with E-state index in [4.69, 9.17) is 4.74 Å². The number of halogens is 1. The van der Waals surface area contributed by atoms with Crippen molar-refractivity contribution in [3.8, 4) is 0 Å². The fraction of sp³-hybridized carbons (Fsp3) is 0.391. The van der Waals surface area contributed by atoms with Crippen LogP contribution < -0.4 is 10.6 Å². The molecule has 0 unspecified atom stereocenters. The fourth-order valence-corrected chi connectivity index (χ4v) is 3.82. The maximum Gasteiger partial charge on any atom is 0.238 e. The van der Waals surface area contributed by atoms with E-state index in [2.05, 4.69) is 37.5 Å². The molecule has 2 aromatic rings. The number of hydrogen-bond acceptors (Lipinski definition) is 5. The highest BCUT2D eigenvalue weighted by Gasteiger charge is 2.14. The van der Waals surface area contributed by atoms with Gasteiger partial charge in [0.2, 0.25) is 11.8 Å². The number of carbonyl (C=O) groups is 2. The summed E-state index contributed by atoms with van der Waals surface area (Å²) in [5.74, 6) is -0.282. The molecule has 31 heavy (non-hydrogen) atoms. The number of likely N-dealkylation sites (N-methyl/N-ethyl adjacent to an activating group) is 1. The van der Waals surface area contributed by atoms with Crippen LogP contribution in [0.2, 0.25) is 0 Å². The Labute approximate surface area is 191 Å². The molecule has 0 bridgehead atoms. The number of benzene rings is 2. The number of hydrogen-bond donors (Lipinski definition) is 2. The van der Waals surface area contributed by atoms with Crippen LogP contribution in [0.1, 0.15) is 11.1 Å². The second-order valence-electron chi connectivity index (χ2n) is 7.63. The summed E-state index contributed by atoms with van der Waals surface area (Å²) in [6, 6.07) is 15.6. The molecule has 0 aromatic heterocycles. The van der Waals surface area contributed by atoms with Gasteiger partial charge in [-0.25, -0.2) is 0 Å². The standard InChI is InChI=1S/C23H29BrN4O3/c1-27(17-23(30)26-21-9-5-4-8-20(21)24)16-22(29)25-14-18-6-2-3-7-19(18)15-28-10-12-31-13-11-28/h2-9H,10-17H2,1H3,(H,25,29)(H,26,30). The molecule has 1 aliphatic heterocycles. The molecular formula is C23H29BrN4O3. The lowest BCUT2D eigenvalue weighted by atomic mass is 10.1. The molecule has 3 rings (SSSR count). The second-order valence-corrected chi connectivity index (χ2v) is 8.49. The Morgan fingerprint density at radius 2 is 1.65 bits per heavy atom. The molecule has 0 saturated carbocycles. The minimum atomic E-state index is -0.168. The van der Waals surface area contributed by atoms with Crippen molar-refractivity contribution in [2.24, 2.45) is 0 Å². The molecule has 0 radical (unpaired) electrons. The van der Waals surface area contributed by atoms with Crippen molar-refractivity contribution < 1.29 is 14.3 Å². The first kappa shape index (κ1) is 23.4. The van der Waals surface area contributed by atoms with Crippen molar-refractivity contribution in [1.29, 1.82) is 0 Å². The number of anilines is 1. The quantitative estimate of drug-likeness (QED) is 0.567. The lowest BCUT2D eigenvalue weighted by Gasteiger charge is -2.27. The minimum Gasteiger partial charge on any atom is -0.379 e. The number of carbonyl (C=O) groups excluding carboxylic acids is 2. The third-order valence-electron chi connectivity index (χ3n) is 5.07. The van der Waals surface area contributed by atoms with E-state index in [1.807, 2.05) is 42.5 Å². The highest BCUT2D eigenvalue weighted by molar-refractivity contribution is 9.10. The number of nitrogens with zero attached hydrogens (tertiary/aromatic N) is 2. The van der Waals surface area contributed by atoms with Gasteiger partial charge in [0.1, 0.15) is 0 Å². The van der Waals surface area contributed by atoms with Gasteiger partial charge in [-0.1, -0.05) is 36.4 Å². The summed E-state index contributed by atoms with van der Waals surface area (Å²) < 4.78 is 6.23. The van der Waals surface area contributed by atoms with Gasteiger partial charge in [0.15, 0.2) is 0 Å². The van der Waals surface area contributed by atoms with Gasteiger partial charge in [-0.15, -0.1) is 0 Å². The number of para-hydroxylation sites is 1. The van der Waals surface area contributed by atoms with Crippen LogP contribution in [0, 0.1) is 0 Å². The van der Waals surface area contributed by atoms with Gasteiger partial charge in [0, 0.05) is 30.7 Å². The summed E-state index contributed by atoms with van der Waals surface area (Å²) >= 11 is 3.41. The van der Waals surface area contributed by atoms with E-state index in [0.29, 0.717) is 12.2 Å². The largest absolute Gasteiger partial charge is 0.379 e. The van der Waals surface area contributed by atoms with Gasteiger partial charge in [-0.3, -0.25) is 19.4 Å². The van der Waals surface area contributed by atoms with Crippen LogP contribution in [-0.2, 0) is 27.4 Å². The summed E-state index contributed by atoms with van der Waals surface area (Å²) in [6.07, 6.45) is 0. The summed E-state index contributed by atoms with van der Waals surface area (Å²) in [5.41, 5.74) is 3.03. The lowest BCUT2D eigenvalue weighted by Crippen LogP contribution is -2.39. The van der Waals surface area contributed by atoms with E-state index in [9.17, 15) is 9.59 Å². The number of nitrogens with one attached hydrogen (secondary N) is 2. The van der Waals surface area contributed by atoms with Gasteiger partial charge in [0.25, 0.3) is 0 Å². The maximum absolute atomic E-state index is 12.4. The first-order valence-electron chi connectivity index (χ1n) is 10.4. The Bertz CT molecular complexity index is 887. The second kappa shape index (κ2) is 12.0. The first-order valence-corrected chi connectivity index (χ1v) is 11.2. The van der Waals surface area contributed by atoms with Gasteiger partial charge >= 0.3 is 0 Å². The molecule has 2 aromatic carbocycles. The molecule has 1 fully saturated rings. The SMILES string of the molecule is CN(CC(=O)NCc1ccccc1CN1CCOCC1)CC(=O)Nc1ccccc1Br. The Morgan fingerprint density at radius 3 is 2.39 bits per heavy atom. The van der Waals surface area contributed by atoms with Gasteiger partial charge in [-0.05, 0) is 46.2 Å². The van der Waals surface area contributed by atoms with E-state index in [-0.39, 0.29) is 24.9 Å². The van der Waals surface area contributed by atoms with E-state index in [1.165, 1.54) is 5.56 Å². The third kappa shape index (κ3) is 7.74. The molecular weight excluding hydrogens is 460 g/mol. The van der Waals surface area contributed by atoms with Gasteiger partial charge in [-0.2, -0.15) is 0 Å². The Balaban J connectivity index is 1.44. The zero-order valence-electron chi connectivity index (χ0n) is 17.8. The molecule has 0 atom stereocenters. The number of amides is 2. The van der Waals surface area contributed by atoms with Gasteiger partial charge in [0.05, 0.1) is 32.0 Å². The van der Waals surface area contributed by atoms with Crippen LogP contribution >= 0.6 is 15.9 Å². The van der Waals surface area contributed by atoms with Crippen LogP contribution in [-0.4, -0.2) is 68.1 Å². The Morgan fingerprint density at radius 1 is 1.00 bits per heavy atom. The zero-order chi connectivity index (χ0) is 22.1. The van der Waals surface area contributed by atoms with Gasteiger partial charge < -0.3 is 15.4 Å².